The molecule has 1 unspecified atom stereocenters. The maximum atomic E-state index is 11.8. The van der Waals surface area contributed by atoms with Gasteiger partial charge in [-0.05, 0) is 33.6 Å². The molecule has 1 aromatic heterocycles. The van der Waals surface area contributed by atoms with Gasteiger partial charge in [0, 0.05) is 44.2 Å². The van der Waals surface area contributed by atoms with Crippen molar-refractivity contribution >= 4 is 11.9 Å². The van der Waals surface area contributed by atoms with Crippen molar-refractivity contribution in [2.75, 3.05) is 26.2 Å². The first-order chi connectivity index (χ1) is 11.5. The molecule has 0 bridgehead atoms. The van der Waals surface area contributed by atoms with Gasteiger partial charge < -0.3 is 20.1 Å². The van der Waals surface area contributed by atoms with Gasteiger partial charge in [0.1, 0.15) is 5.76 Å². The highest BCUT2D eigenvalue weighted by molar-refractivity contribution is 5.80. The number of aliphatic imine (C=N–C) groups is 1. The van der Waals surface area contributed by atoms with Crippen LogP contribution in [0.15, 0.2) is 9.52 Å². The first kappa shape index (κ1) is 18.3. The number of rotatable bonds is 6. The summed E-state index contributed by atoms with van der Waals surface area (Å²) in [5.74, 6) is 1.89. The Kier molecular flexibility index (Phi) is 6.63. The Labute approximate surface area is 143 Å². The van der Waals surface area contributed by atoms with E-state index in [1.165, 1.54) is 0 Å². The lowest BCUT2D eigenvalue weighted by Crippen LogP contribution is -2.45. The summed E-state index contributed by atoms with van der Waals surface area (Å²) in [6.07, 6.45) is 2.33. The fourth-order valence-electron chi connectivity index (χ4n) is 2.98. The van der Waals surface area contributed by atoms with Crippen LogP contribution in [-0.2, 0) is 11.2 Å². The molecule has 7 heteroatoms. The molecular formula is C17H29N5O2. The molecule has 1 amide bonds. The van der Waals surface area contributed by atoms with Crippen molar-refractivity contribution < 1.29 is 9.32 Å². The summed E-state index contributed by atoms with van der Waals surface area (Å²) >= 11 is 0. The summed E-state index contributed by atoms with van der Waals surface area (Å²) in [6.45, 7) is 10.9. The third-order valence-electron chi connectivity index (χ3n) is 4.34. The molecule has 0 aliphatic carbocycles. The van der Waals surface area contributed by atoms with Crippen molar-refractivity contribution in [3.05, 3.63) is 17.0 Å². The second kappa shape index (κ2) is 8.70. The summed E-state index contributed by atoms with van der Waals surface area (Å²) in [5, 5.41) is 10.7. The molecule has 1 saturated heterocycles. The average molecular weight is 335 g/mol. The lowest BCUT2D eigenvalue weighted by molar-refractivity contribution is -0.129. The molecule has 1 atom stereocenters. The van der Waals surface area contributed by atoms with Gasteiger partial charge >= 0.3 is 0 Å². The Bertz CT molecular complexity index is 562. The summed E-state index contributed by atoms with van der Waals surface area (Å²) in [4.78, 5) is 18.3. The van der Waals surface area contributed by atoms with E-state index in [0.717, 1.165) is 55.5 Å². The fourth-order valence-corrected chi connectivity index (χ4v) is 2.98. The van der Waals surface area contributed by atoms with Crippen LogP contribution in [-0.4, -0.2) is 54.1 Å². The predicted molar refractivity (Wildman–Crippen MR) is 94.1 cm³/mol. The van der Waals surface area contributed by atoms with Crippen LogP contribution in [0.25, 0.3) is 0 Å². The Balaban J connectivity index is 1.88. The van der Waals surface area contributed by atoms with Crippen molar-refractivity contribution in [3.63, 3.8) is 0 Å². The monoisotopic (exact) mass is 335 g/mol. The Hall–Kier alpha value is -2.05. The molecule has 2 heterocycles. The average Bonchev–Trinajstić information content (AvgIpc) is 3.15. The molecule has 24 heavy (non-hydrogen) atoms. The lowest BCUT2D eigenvalue weighted by Gasteiger charge is -2.18. The molecule has 7 nitrogen and oxygen atoms in total. The van der Waals surface area contributed by atoms with Crippen LogP contribution < -0.4 is 10.6 Å². The number of hydrogen-bond acceptors (Lipinski definition) is 4. The summed E-state index contributed by atoms with van der Waals surface area (Å²) in [6, 6.07) is 0.261. The van der Waals surface area contributed by atoms with Gasteiger partial charge in [-0.2, -0.15) is 0 Å². The first-order valence-electron chi connectivity index (χ1n) is 8.79. The minimum atomic E-state index is 0.222. The van der Waals surface area contributed by atoms with Crippen LogP contribution in [0, 0.1) is 13.8 Å². The smallest absolute Gasteiger partial charge is 0.222 e. The van der Waals surface area contributed by atoms with E-state index in [2.05, 4.69) is 20.8 Å². The minimum absolute atomic E-state index is 0.222. The van der Waals surface area contributed by atoms with Crippen LogP contribution in [0.5, 0.6) is 0 Å². The van der Waals surface area contributed by atoms with Crippen molar-refractivity contribution in [1.82, 2.24) is 20.7 Å². The van der Waals surface area contributed by atoms with Gasteiger partial charge in [-0.1, -0.05) is 12.1 Å². The summed E-state index contributed by atoms with van der Waals surface area (Å²) in [5.41, 5.74) is 2.07. The van der Waals surface area contributed by atoms with E-state index in [4.69, 9.17) is 4.52 Å². The molecular weight excluding hydrogens is 306 g/mol. The molecule has 1 aliphatic rings. The van der Waals surface area contributed by atoms with Crippen LogP contribution in [0.2, 0.25) is 0 Å². The normalized spacial score (nSPS) is 18.1. The van der Waals surface area contributed by atoms with E-state index in [1.807, 2.05) is 32.6 Å². The molecule has 0 saturated carbocycles. The third-order valence-corrected chi connectivity index (χ3v) is 4.34. The largest absolute Gasteiger partial charge is 0.361 e. The van der Waals surface area contributed by atoms with Crippen LogP contribution in [0.1, 0.15) is 43.7 Å². The molecule has 2 rings (SSSR count). The van der Waals surface area contributed by atoms with Gasteiger partial charge in [-0.25, -0.2) is 0 Å². The van der Waals surface area contributed by atoms with E-state index in [9.17, 15) is 4.79 Å². The van der Waals surface area contributed by atoms with Crippen molar-refractivity contribution in [2.24, 2.45) is 4.99 Å². The highest BCUT2D eigenvalue weighted by atomic mass is 16.5. The minimum Gasteiger partial charge on any atom is -0.361 e. The molecule has 0 spiro atoms. The summed E-state index contributed by atoms with van der Waals surface area (Å²) in [7, 11) is 0. The first-order valence-corrected chi connectivity index (χ1v) is 8.79. The second-order valence-electron chi connectivity index (χ2n) is 6.14. The van der Waals surface area contributed by atoms with Gasteiger partial charge in [-0.3, -0.25) is 9.79 Å². The zero-order valence-corrected chi connectivity index (χ0v) is 15.2. The summed E-state index contributed by atoms with van der Waals surface area (Å²) < 4.78 is 5.19. The number of nitrogens with one attached hydrogen (secondary N) is 2. The number of hydrogen-bond donors (Lipinski definition) is 2. The van der Waals surface area contributed by atoms with E-state index >= 15 is 0 Å². The standard InChI is InChI=1S/C17H29N5O2/c1-5-16(23)22-10-8-14(11-22)20-17(18-6-2)19-9-7-15-12(3)21-24-13(15)4/h14H,5-11H2,1-4H3,(H2,18,19,20). The van der Waals surface area contributed by atoms with Crippen LogP contribution in [0.4, 0.5) is 0 Å². The molecule has 0 aromatic carbocycles. The number of amides is 1. The van der Waals surface area contributed by atoms with Crippen molar-refractivity contribution in [3.8, 4) is 0 Å². The Morgan fingerprint density at radius 2 is 2.21 bits per heavy atom. The maximum Gasteiger partial charge on any atom is 0.222 e. The van der Waals surface area contributed by atoms with E-state index in [1.54, 1.807) is 0 Å². The zero-order valence-electron chi connectivity index (χ0n) is 15.2. The fraction of sp³-hybridized carbons (Fsp3) is 0.706. The topological polar surface area (TPSA) is 82.8 Å². The van der Waals surface area contributed by atoms with Crippen molar-refractivity contribution in [1.29, 1.82) is 0 Å². The molecule has 1 aromatic rings. The van der Waals surface area contributed by atoms with Gasteiger partial charge in [0.15, 0.2) is 5.96 Å². The third kappa shape index (κ3) is 4.72. The number of carbonyl (C=O) groups excluding carboxylic acids is 1. The van der Waals surface area contributed by atoms with E-state index in [-0.39, 0.29) is 11.9 Å². The molecule has 134 valence electrons. The van der Waals surface area contributed by atoms with Crippen LogP contribution >= 0.6 is 0 Å². The number of nitrogens with zero attached hydrogens (tertiary/aromatic N) is 3. The van der Waals surface area contributed by atoms with E-state index in [0.29, 0.717) is 13.0 Å². The number of guanidine groups is 1. The quantitative estimate of drug-likeness (QED) is 0.606. The lowest BCUT2D eigenvalue weighted by atomic mass is 10.1. The number of likely N-dealkylation sites (tertiary alicyclic amines) is 1. The molecule has 0 radical (unpaired) electrons. The Morgan fingerprint density at radius 1 is 1.42 bits per heavy atom. The van der Waals surface area contributed by atoms with Gasteiger partial charge in [0.05, 0.1) is 5.69 Å². The zero-order chi connectivity index (χ0) is 17.5. The molecule has 1 fully saturated rings. The molecule has 2 N–H and O–H groups in total. The van der Waals surface area contributed by atoms with Crippen molar-refractivity contribution in [2.45, 2.75) is 53.0 Å². The number of aromatic nitrogens is 1. The predicted octanol–water partition coefficient (Wildman–Crippen LogP) is 1.40. The van der Waals surface area contributed by atoms with Gasteiger partial charge in [0.25, 0.3) is 0 Å². The second-order valence-corrected chi connectivity index (χ2v) is 6.14. The Morgan fingerprint density at radius 3 is 2.83 bits per heavy atom. The molecule has 1 aliphatic heterocycles. The van der Waals surface area contributed by atoms with Gasteiger partial charge in [-0.15, -0.1) is 0 Å². The number of carbonyl (C=O) groups is 1. The van der Waals surface area contributed by atoms with Gasteiger partial charge in [0.2, 0.25) is 5.91 Å². The SMILES string of the molecule is CCNC(=NCCc1c(C)noc1C)NC1CCN(C(=O)CC)C1. The van der Waals surface area contributed by atoms with E-state index < -0.39 is 0 Å². The highest BCUT2D eigenvalue weighted by Crippen LogP contribution is 2.13. The van der Waals surface area contributed by atoms with Crippen LogP contribution in [0.3, 0.4) is 0 Å². The maximum absolute atomic E-state index is 11.8. The number of aryl methyl sites for hydroxylation is 2. The highest BCUT2D eigenvalue weighted by Gasteiger charge is 2.25.